The highest BCUT2D eigenvalue weighted by atomic mass is 79.9. The van der Waals surface area contributed by atoms with Gasteiger partial charge in [-0.25, -0.2) is 0 Å². The number of carbonyl (C=O) groups is 1. The lowest BCUT2D eigenvalue weighted by atomic mass is 9.83. The molecule has 90 valence electrons. The molecule has 0 saturated heterocycles. The molecule has 0 amide bonds. The second kappa shape index (κ2) is 5.94. The van der Waals surface area contributed by atoms with Gasteiger partial charge in [-0.1, -0.05) is 13.8 Å². The molecule has 0 atom stereocenters. The van der Waals surface area contributed by atoms with Crippen LogP contribution in [0, 0.1) is 5.41 Å². The average Bonchev–Trinajstić information content (AvgIpc) is 2.61. The second-order valence-electron chi connectivity index (χ2n) is 4.76. The van der Waals surface area contributed by atoms with E-state index in [2.05, 4.69) is 29.8 Å². The molecular weight excluding hydrogens is 286 g/mol. The number of ketones is 1. The number of thiophene rings is 1. The Morgan fingerprint density at radius 1 is 1.44 bits per heavy atom. The first-order valence-electron chi connectivity index (χ1n) is 5.41. The minimum atomic E-state index is 0.160. The van der Waals surface area contributed by atoms with Crippen LogP contribution in [0.2, 0.25) is 0 Å². The molecule has 0 aliphatic carbocycles. The summed E-state index contributed by atoms with van der Waals surface area (Å²) >= 11 is 4.94. The van der Waals surface area contributed by atoms with Gasteiger partial charge in [0.05, 0.1) is 0 Å². The molecule has 0 unspecified atom stereocenters. The van der Waals surface area contributed by atoms with Crippen LogP contribution in [0.5, 0.6) is 0 Å². The first-order chi connectivity index (χ1) is 7.46. The normalized spacial score (nSPS) is 11.8. The predicted molar refractivity (Wildman–Crippen MR) is 73.0 cm³/mol. The molecule has 0 spiro atoms. The van der Waals surface area contributed by atoms with Crippen molar-refractivity contribution in [1.82, 2.24) is 0 Å². The molecule has 1 aromatic heterocycles. The van der Waals surface area contributed by atoms with E-state index in [0.29, 0.717) is 13.0 Å². The summed E-state index contributed by atoms with van der Waals surface area (Å²) in [6, 6.07) is 0. The molecule has 1 aromatic rings. The fourth-order valence-corrected chi connectivity index (χ4v) is 3.10. The molecule has 0 fully saturated rings. The molecule has 2 nitrogen and oxygen atoms in total. The highest BCUT2D eigenvalue weighted by molar-refractivity contribution is 9.10. The minimum absolute atomic E-state index is 0.160. The van der Waals surface area contributed by atoms with Gasteiger partial charge >= 0.3 is 0 Å². The maximum Gasteiger partial charge on any atom is 0.164 e. The number of hydrogen-bond donors (Lipinski definition) is 1. The quantitative estimate of drug-likeness (QED) is 0.811. The summed E-state index contributed by atoms with van der Waals surface area (Å²) in [6.07, 6.45) is 2.46. The third-order valence-electron chi connectivity index (χ3n) is 2.77. The Kier molecular flexibility index (Phi) is 5.15. The minimum Gasteiger partial charge on any atom is -0.330 e. The molecule has 0 radical (unpaired) electrons. The van der Waals surface area contributed by atoms with Crippen LogP contribution >= 0.6 is 27.3 Å². The smallest absolute Gasteiger partial charge is 0.164 e. The van der Waals surface area contributed by atoms with Crippen molar-refractivity contribution < 1.29 is 4.79 Å². The Bertz CT molecular complexity index is 360. The Labute approximate surface area is 109 Å². The van der Waals surface area contributed by atoms with Gasteiger partial charge in [0, 0.05) is 27.2 Å². The summed E-state index contributed by atoms with van der Waals surface area (Å²) in [4.78, 5) is 11.9. The Morgan fingerprint density at radius 3 is 2.62 bits per heavy atom. The fourth-order valence-electron chi connectivity index (χ4n) is 1.58. The molecule has 2 N–H and O–H groups in total. The van der Waals surface area contributed by atoms with E-state index in [1.807, 2.05) is 10.8 Å². The molecule has 1 rings (SSSR count). The van der Waals surface area contributed by atoms with Gasteiger partial charge in [0.15, 0.2) is 5.78 Å². The van der Waals surface area contributed by atoms with Gasteiger partial charge in [0.1, 0.15) is 0 Å². The third kappa shape index (κ3) is 4.00. The molecule has 0 bridgehead atoms. The van der Waals surface area contributed by atoms with E-state index >= 15 is 0 Å². The summed E-state index contributed by atoms with van der Waals surface area (Å²) in [5.41, 5.74) is 6.52. The monoisotopic (exact) mass is 303 g/mol. The van der Waals surface area contributed by atoms with Gasteiger partial charge in [-0.05, 0) is 40.7 Å². The Morgan fingerprint density at radius 2 is 2.12 bits per heavy atom. The van der Waals surface area contributed by atoms with E-state index in [1.165, 1.54) is 0 Å². The van der Waals surface area contributed by atoms with E-state index in [-0.39, 0.29) is 11.2 Å². The average molecular weight is 304 g/mol. The second-order valence-corrected chi connectivity index (χ2v) is 6.36. The van der Waals surface area contributed by atoms with Crippen molar-refractivity contribution in [2.75, 3.05) is 6.54 Å². The molecule has 0 saturated carbocycles. The number of Topliss-reactive ketones (excluding diaryl/α,β-unsaturated/α-hetero) is 1. The molecular formula is C12H18BrNOS. The lowest BCUT2D eigenvalue weighted by molar-refractivity contribution is 0.0961. The van der Waals surface area contributed by atoms with Crippen molar-refractivity contribution in [2.45, 2.75) is 33.1 Å². The number of nitrogens with two attached hydrogens (primary N) is 1. The van der Waals surface area contributed by atoms with E-state index in [1.54, 1.807) is 11.3 Å². The van der Waals surface area contributed by atoms with Crippen molar-refractivity contribution >= 4 is 33.0 Å². The van der Waals surface area contributed by atoms with Crippen molar-refractivity contribution in [2.24, 2.45) is 11.1 Å². The zero-order chi connectivity index (χ0) is 12.2. The van der Waals surface area contributed by atoms with E-state index in [9.17, 15) is 4.79 Å². The largest absolute Gasteiger partial charge is 0.330 e. The standard InChI is InChI=1S/C12H18BrNOS/c1-12(2,5-6-14)4-3-11(15)9-7-16-8-10(9)13/h7-8H,3-6,14H2,1-2H3. The maximum atomic E-state index is 11.9. The van der Waals surface area contributed by atoms with Crippen LogP contribution in [0.3, 0.4) is 0 Å². The molecule has 16 heavy (non-hydrogen) atoms. The summed E-state index contributed by atoms with van der Waals surface area (Å²) in [5, 5.41) is 3.85. The molecule has 1 heterocycles. The van der Waals surface area contributed by atoms with E-state index in [0.717, 1.165) is 22.9 Å². The van der Waals surface area contributed by atoms with Gasteiger partial charge in [-0.15, -0.1) is 0 Å². The molecule has 0 aliphatic heterocycles. The SMILES string of the molecule is CC(C)(CCN)CCC(=O)c1cscc1Br. The van der Waals surface area contributed by atoms with Crippen LogP contribution in [0.25, 0.3) is 0 Å². The van der Waals surface area contributed by atoms with Crippen LogP contribution in [0.15, 0.2) is 15.2 Å². The lowest BCUT2D eigenvalue weighted by Gasteiger charge is -2.23. The van der Waals surface area contributed by atoms with Gasteiger partial charge < -0.3 is 5.73 Å². The lowest BCUT2D eigenvalue weighted by Crippen LogP contribution is -2.18. The highest BCUT2D eigenvalue weighted by Gasteiger charge is 2.19. The number of hydrogen-bond acceptors (Lipinski definition) is 3. The Hall–Kier alpha value is -0.190. The van der Waals surface area contributed by atoms with Crippen LogP contribution in [-0.2, 0) is 0 Å². The predicted octanol–water partition coefficient (Wildman–Crippen LogP) is 3.85. The molecule has 4 heteroatoms. The summed E-state index contributed by atoms with van der Waals surface area (Å²) in [6.45, 7) is 5.01. The topological polar surface area (TPSA) is 43.1 Å². The Balaban J connectivity index is 2.51. The summed E-state index contributed by atoms with van der Waals surface area (Å²) in [7, 11) is 0. The van der Waals surface area contributed by atoms with Crippen LogP contribution in [0.1, 0.15) is 43.5 Å². The number of rotatable bonds is 6. The van der Waals surface area contributed by atoms with Crippen molar-refractivity contribution in [3.63, 3.8) is 0 Å². The summed E-state index contributed by atoms with van der Waals surface area (Å²) in [5.74, 6) is 0.221. The maximum absolute atomic E-state index is 11.9. The fraction of sp³-hybridized carbons (Fsp3) is 0.583. The zero-order valence-corrected chi connectivity index (χ0v) is 12.2. The molecule has 0 aromatic carbocycles. The zero-order valence-electron chi connectivity index (χ0n) is 9.75. The summed E-state index contributed by atoms with van der Waals surface area (Å²) < 4.78 is 0.916. The van der Waals surface area contributed by atoms with Crippen LogP contribution < -0.4 is 5.73 Å². The number of carbonyl (C=O) groups excluding carboxylic acids is 1. The third-order valence-corrected chi connectivity index (χ3v) is 4.47. The molecule has 0 aliphatic rings. The first-order valence-corrected chi connectivity index (χ1v) is 7.15. The van der Waals surface area contributed by atoms with Gasteiger partial charge in [-0.3, -0.25) is 4.79 Å². The highest BCUT2D eigenvalue weighted by Crippen LogP contribution is 2.29. The van der Waals surface area contributed by atoms with Crippen molar-refractivity contribution in [3.05, 3.63) is 20.8 Å². The van der Waals surface area contributed by atoms with Crippen molar-refractivity contribution in [3.8, 4) is 0 Å². The first kappa shape index (κ1) is 13.9. The van der Waals surface area contributed by atoms with Gasteiger partial charge in [0.25, 0.3) is 0 Å². The van der Waals surface area contributed by atoms with E-state index < -0.39 is 0 Å². The van der Waals surface area contributed by atoms with Crippen LogP contribution in [0.4, 0.5) is 0 Å². The van der Waals surface area contributed by atoms with Crippen molar-refractivity contribution in [1.29, 1.82) is 0 Å². The number of halogens is 1. The van der Waals surface area contributed by atoms with Gasteiger partial charge in [0.2, 0.25) is 0 Å². The van der Waals surface area contributed by atoms with Crippen LogP contribution in [-0.4, -0.2) is 12.3 Å². The van der Waals surface area contributed by atoms with Gasteiger partial charge in [-0.2, -0.15) is 11.3 Å². The van der Waals surface area contributed by atoms with E-state index in [4.69, 9.17) is 5.73 Å².